The first-order valence-electron chi connectivity index (χ1n) is 6.81. The molecule has 0 spiro atoms. The van der Waals surface area contributed by atoms with Crippen molar-refractivity contribution in [3.8, 4) is 0 Å². The van der Waals surface area contributed by atoms with E-state index in [1.807, 2.05) is 6.92 Å². The van der Waals surface area contributed by atoms with Gasteiger partial charge in [0.05, 0.1) is 10.6 Å². The molecule has 0 aliphatic carbocycles. The fourth-order valence-corrected chi connectivity index (χ4v) is 2.06. The first-order chi connectivity index (χ1) is 10.8. The number of alkyl halides is 3. The van der Waals surface area contributed by atoms with Crippen molar-refractivity contribution in [1.29, 1.82) is 0 Å². The molecule has 0 amide bonds. The molecule has 1 heterocycles. The molecular weight excluding hydrogens is 331 g/mol. The van der Waals surface area contributed by atoms with Crippen molar-refractivity contribution in [1.82, 2.24) is 9.97 Å². The van der Waals surface area contributed by atoms with Crippen LogP contribution in [0.25, 0.3) is 0 Å². The number of nitrogens with two attached hydrogens (primary N) is 1. The summed E-state index contributed by atoms with van der Waals surface area (Å²) in [6.07, 6.45) is -2.39. The molecule has 2 rings (SSSR count). The molecule has 0 fully saturated rings. The van der Waals surface area contributed by atoms with E-state index < -0.39 is 11.7 Å². The molecule has 0 saturated carbocycles. The minimum absolute atomic E-state index is 0.175. The zero-order chi connectivity index (χ0) is 17.0. The molecule has 0 saturated heterocycles. The minimum atomic E-state index is -4.54. The monoisotopic (exact) mass is 345 g/mol. The molecule has 0 aliphatic rings. The molecule has 9 heteroatoms. The zero-order valence-corrected chi connectivity index (χ0v) is 13.0. The second kappa shape index (κ2) is 6.91. The van der Waals surface area contributed by atoms with Crippen LogP contribution in [0, 0.1) is 0 Å². The summed E-state index contributed by atoms with van der Waals surface area (Å²) in [7, 11) is 0. The van der Waals surface area contributed by atoms with E-state index in [0.717, 1.165) is 12.5 Å². The number of nitrogens with zero attached hydrogens (tertiary/aromatic N) is 2. The van der Waals surface area contributed by atoms with E-state index in [1.165, 1.54) is 18.5 Å². The predicted molar refractivity (Wildman–Crippen MR) is 85.0 cm³/mol. The van der Waals surface area contributed by atoms with E-state index in [4.69, 9.17) is 17.3 Å². The molecule has 2 aromatic rings. The third kappa shape index (κ3) is 4.16. The van der Waals surface area contributed by atoms with E-state index in [1.54, 1.807) is 0 Å². The first-order valence-corrected chi connectivity index (χ1v) is 7.18. The summed E-state index contributed by atoms with van der Waals surface area (Å²) in [5.41, 5.74) is 5.40. The van der Waals surface area contributed by atoms with Crippen LogP contribution in [-0.2, 0) is 6.18 Å². The standard InChI is InChI=1S/C14H15ClF3N5/c1-2-5-20-12-11(19)13(22-7-21-12)23-8-3-4-10(15)9(6-8)14(16,17)18/h3-4,6-7H,2,5,19H2,1H3,(H2,20,21,22,23). The Bertz CT molecular complexity index is 691. The van der Waals surface area contributed by atoms with Gasteiger partial charge in [0.25, 0.3) is 0 Å². The summed E-state index contributed by atoms with van der Waals surface area (Å²) in [5.74, 6) is 0.642. The van der Waals surface area contributed by atoms with Gasteiger partial charge >= 0.3 is 6.18 Å². The normalized spacial score (nSPS) is 11.3. The summed E-state index contributed by atoms with van der Waals surface area (Å²) < 4.78 is 38.6. The lowest BCUT2D eigenvalue weighted by atomic mass is 10.2. The van der Waals surface area contributed by atoms with Crippen LogP contribution in [0.3, 0.4) is 0 Å². The number of nitrogen functional groups attached to an aromatic ring is 1. The average Bonchev–Trinajstić information content (AvgIpc) is 2.49. The summed E-state index contributed by atoms with van der Waals surface area (Å²) >= 11 is 5.59. The maximum absolute atomic E-state index is 12.9. The molecule has 1 aromatic carbocycles. The van der Waals surface area contributed by atoms with Gasteiger partial charge in [-0.25, -0.2) is 9.97 Å². The number of nitrogens with one attached hydrogen (secondary N) is 2. The smallest absolute Gasteiger partial charge is 0.393 e. The van der Waals surface area contributed by atoms with Crippen molar-refractivity contribution in [2.24, 2.45) is 0 Å². The molecule has 5 nitrogen and oxygen atoms in total. The fraction of sp³-hybridized carbons (Fsp3) is 0.286. The third-order valence-corrected chi connectivity index (χ3v) is 3.29. The lowest BCUT2D eigenvalue weighted by Crippen LogP contribution is -2.09. The zero-order valence-electron chi connectivity index (χ0n) is 12.2. The van der Waals surface area contributed by atoms with Crippen molar-refractivity contribution in [3.63, 3.8) is 0 Å². The number of anilines is 4. The van der Waals surface area contributed by atoms with Crippen LogP contribution in [0.5, 0.6) is 0 Å². The molecular formula is C14H15ClF3N5. The second-order valence-electron chi connectivity index (χ2n) is 4.73. The molecule has 4 N–H and O–H groups in total. The Morgan fingerprint density at radius 2 is 1.91 bits per heavy atom. The van der Waals surface area contributed by atoms with Gasteiger partial charge in [0.15, 0.2) is 11.6 Å². The SMILES string of the molecule is CCCNc1ncnc(Nc2ccc(Cl)c(C(F)(F)F)c2)c1N. The third-order valence-electron chi connectivity index (χ3n) is 2.96. The van der Waals surface area contributed by atoms with Gasteiger partial charge in [-0.3, -0.25) is 0 Å². The number of benzene rings is 1. The largest absolute Gasteiger partial charge is 0.417 e. The van der Waals surface area contributed by atoms with Crippen molar-refractivity contribution in [3.05, 3.63) is 35.1 Å². The lowest BCUT2D eigenvalue weighted by molar-refractivity contribution is -0.137. The average molecular weight is 346 g/mol. The Morgan fingerprint density at radius 3 is 2.57 bits per heavy atom. The van der Waals surface area contributed by atoms with Crippen molar-refractivity contribution in [2.45, 2.75) is 19.5 Å². The summed E-state index contributed by atoms with van der Waals surface area (Å²) in [6.45, 7) is 2.65. The maximum atomic E-state index is 12.9. The number of aromatic nitrogens is 2. The summed E-state index contributed by atoms with van der Waals surface area (Å²) in [6, 6.07) is 3.49. The number of halogens is 4. The number of hydrogen-bond acceptors (Lipinski definition) is 5. The minimum Gasteiger partial charge on any atom is -0.393 e. The molecule has 124 valence electrons. The van der Waals surface area contributed by atoms with Crippen LogP contribution in [0.2, 0.25) is 5.02 Å². The summed E-state index contributed by atoms with van der Waals surface area (Å²) in [4.78, 5) is 7.96. The highest BCUT2D eigenvalue weighted by molar-refractivity contribution is 6.31. The van der Waals surface area contributed by atoms with Crippen LogP contribution >= 0.6 is 11.6 Å². The van der Waals surface area contributed by atoms with Gasteiger partial charge in [0.2, 0.25) is 0 Å². The fourth-order valence-electron chi connectivity index (χ4n) is 1.84. The lowest BCUT2D eigenvalue weighted by Gasteiger charge is -2.14. The Labute approximate surface area is 136 Å². The second-order valence-corrected chi connectivity index (χ2v) is 5.14. The Hall–Kier alpha value is -2.22. The van der Waals surface area contributed by atoms with Gasteiger partial charge < -0.3 is 16.4 Å². The van der Waals surface area contributed by atoms with Crippen LogP contribution in [-0.4, -0.2) is 16.5 Å². The van der Waals surface area contributed by atoms with E-state index in [9.17, 15) is 13.2 Å². The van der Waals surface area contributed by atoms with Crippen molar-refractivity contribution in [2.75, 3.05) is 22.9 Å². The van der Waals surface area contributed by atoms with Crippen LogP contribution < -0.4 is 16.4 Å². The first kappa shape index (κ1) is 17.1. The molecule has 23 heavy (non-hydrogen) atoms. The molecule has 0 unspecified atom stereocenters. The molecule has 0 radical (unpaired) electrons. The van der Waals surface area contributed by atoms with Crippen LogP contribution in [0.4, 0.5) is 36.2 Å². The maximum Gasteiger partial charge on any atom is 0.417 e. The number of hydrogen-bond donors (Lipinski definition) is 3. The van der Waals surface area contributed by atoms with Gasteiger partial charge in [0.1, 0.15) is 12.0 Å². The van der Waals surface area contributed by atoms with E-state index in [0.29, 0.717) is 12.4 Å². The Kier molecular flexibility index (Phi) is 5.15. The van der Waals surface area contributed by atoms with Gasteiger partial charge in [-0.2, -0.15) is 13.2 Å². The van der Waals surface area contributed by atoms with Crippen molar-refractivity contribution < 1.29 is 13.2 Å². The molecule has 0 aliphatic heterocycles. The van der Waals surface area contributed by atoms with Gasteiger partial charge in [-0.1, -0.05) is 18.5 Å². The van der Waals surface area contributed by atoms with Crippen molar-refractivity contribution >= 4 is 34.6 Å². The Balaban J connectivity index is 2.29. The molecule has 0 bridgehead atoms. The van der Waals surface area contributed by atoms with E-state index in [2.05, 4.69) is 20.6 Å². The topological polar surface area (TPSA) is 75.9 Å². The molecule has 1 aromatic heterocycles. The van der Waals surface area contributed by atoms with Crippen LogP contribution in [0.15, 0.2) is 24.5 Å². The van der Waals surface area contributed by atoms with E-state index >= 15 is 0 Å². The quantitative estimate of drug-likeness (QED) is 0.753. The van der Waals surface area contributed by atoms with Crippen LogP contribution in [0.1, 0.15) is 18.9 Å². The summed E-state index contributed by atoms with van der Waals surface area (Å²) in [5, 5.41) is 5.40. The Morgan fingerprint density at radius 1 is 1.22 bits per heavy atom. The molecule has 0 atom stereocenters. The van der Waals surface area contributed by atoms with Gasteiger partial charge in [0, 0.05) is 12.2 Å². The van der Waals surface area contributed by atoms with E-state index in [-0.39, 0.29) is 22.2 Å². The van der Waals surface area contributed by atoms with Gasteiger partial charge in [-0.15, -0.1) is 0 Å². The highest BCUT2D eigenvalue weighted by atomic mass is 35.5. The highest BCUT2D eigenvalue weighted by Gasteiger charge is 2.33. The highest BCUT2D eigenvalue weighted by Crippen LogP contribution is 2.37. The predicted octanol–water partition coefficient (Wildman–Crippen LogP) is 4.30. The number of rotatable bonds is 5. The van der Waals surface area contributed by atoms with Gasteiger partial charge in [-0.05, 0) is 24.6 Å².